The Labute approximate surface area is 200 Å². The van der Waals surface area contributed by atoms with Gasteiger partial charge in [0.2, 0.25) is 0 Å². The molecule has 0 bridgehead atoms. The van der Waals surface area contributed by atoms with Crippen molar-refractivity contribution in [1.29, 1.82) is 0 Å². The molecule has 0 fully saturated rings. The molecule has 0 aliphatic heterocycles. The molecule has 0 radical (unpaired) electrons. The van der Waals surface area contributed by atoms with Crippen LogP contribution in [0.2, 0.25) is 0 Å². The van der Waals surface area contributed by atoms with Gasteiger partial charge in [-0.3, -0.25) is 9.10 Å². The molecule has 35 heavy (non-hydrogen) atoms. The molecule has 1 N–H and O–H groups in total. The number of benzene rings is 3. The van der Waals surface area contributed by atoms with E-state index in [-0.39, 0.29) is 16.1 Å². The zero-order valence-corrected chi connectivity index (χ0v) is 19.6. The Balaban J connectivity index is 1.85. The average Bonchev–Trinajstić information content (AvgIpc) is 2.83. The Kier molecular flexibility index (Phi) is 7.80. The van der Waals surface area contributed by atoms with Crippen LogP contribution >= 0.6 is 0 Å². The minimum absolute atomic E-state index is 0.0747. The van der Waals surface area contributed by atoms with E-state index in [1.54, 1.807) is 24.3 Å². The van der Waals surface area contributed by atoms with Crippen LogP contribution in [0.25, 0.3) is 0 Å². The fourth-order valence-corrected chi connectivity index (χ4v) is 4.53. The van der Waals surface area contributed by atoms with Gasteiger partial charge in [-0.15, -0.1) is 0 Å². The number of hydrogen-bond acceptors (Lipinski definition) is 5. The van der Waals surface area contributed by atoms with E-state index >= 15 is 0 Å². The van der Waals surface area contributed by atoms with E-state index in [1.165, 1.54) is 49.6 Å². The van der Waals surface area contributed by atoms with Gasteiger partial charge in [0.05, 0.1) is 29.5 Å². The third-order valence-corrected chi connectivity index (χ3v) is 6.70. The second kappa shape index (κ2) is 10.6. The third kappa shape index (κ3) is 6.38. The predicted octanol–water partition coefficient (Wildman–Crippen LogP) is 4.37. The lowest BCUT2D eigenvalue weighted by atomic mass is 10.1. The highest BCUT2D eigenvalue weighted by atomic mass is 32.2. The zero-order chi connectivity index (χ0) is 25.6. The van der Waals surface area contributed by atoms with Crippen molar-refractivity contribution in [2.45, 2.75) is 18.0 Å². The zero-order valence-electron chi connectivity index (χ0n) is 18.8. The standard InChI is InChI=1S/C24H22F3N3O4S/c1-17-7-9-19(10-8-17)30(35(32,33)21-13-11-20(34-2)12-14-21)16-23(31)29-28-15-18-5-3-4-6-22(18)24(25,26)27/h3-15H,16H2,1-2H3,(H,29,31)/b28-15-. The number of sulfonamides is 1. The molecule has 0 aliphatic rings. The second-order valence-corrected chi connectivity index (χ2v) is 9.26. The minimum Gasteiger partial charge on any atom is -0.497 e. The smallest absolute Gasteiger partial charge is 0.417 e. The van der Waals surface area contributed by atoms with Crippen LogP contribution in [-0.2, 0) is 21.0 Å². The van der Waals surface area contributed by atoms with Gasteiger partial charge in [-0.1, -0.05) is 35.9 Å². The summed E-state index contributed by atoms with van der Waals surface area (Å²) in [5, 5.41) is 3.59. The number of hydrazone groups is 1. The number of hydrogen-bond donors (Lipinski definition) is 1. The molecule has 3 aromatic rings. The average molecular weight is 506 g/mol. The lowest BCUT2D eigenvalue weighted by Gasteiger charge is -2.24. The second-order valence-electron chi connectivity index (χ2n) is 7.40. The number of amides is 1. The number of nitrogens with zero attached hydrogens (tertiary/aromatic N) is 2. The number of methoxy groups -OCH3 is 1. The first kappa shape index (κ1) is 25.8. The Morgan fingerprint density at radius 3 is 2.26 bits per heavy atom. The molecule has 184 valence electrons. The number of nitrogens with one attached hydrogen (secondary N) is 1. The Bertz CT molecular complexity index is 1310. The largest absolute Gasteiger partial charge is 0.497 e. The van der Waals surface area contributed by atoms with Gasteiger partial charge in [0.15, 0.2) is 0 Å². The molecule has 0 aliphatic carbocycles. The van der Waals surface area contributed by atoms with Crippen LogP contribution in [-0.4, -0.2) is 34.2 Å². The van der Waals surface area contributed by atoms with Crippen LogP contribution < -0.4 is 14.5 Å². The summed E-state index contributed by atoms with van der Waals surface area (Å²) in [6, 6.07) is 16.9. The molecule has 0 spiro atoms. The Morgan fingerprint density at radius 1 is 1.03 bits per heavy atom. The summed E-state index contributed by atoms with van der Waals surface area (Å²) in [6.45, 7) is 1.17. The van der Waals surface area contributed by atoms with Crippen LogP contribution in [0.5, 0.6) is 5.75 Å². The summed E-state index contributed by atoms with van der Waals surface area (Å²) < 4.78 is 72.0. The van der Waals surface area contributed by atoms with E-state index in [0.717, 1.165) is 22.1 Å². The van der Waals surface area contributed by atoms with Gasteiger partial charge in [-0.05, 0) is 49.4 Å². The molecule has 0 heterocycles. The van der Waals surface area contributed by atoms with Crippen LogP contribution in [0, 0.1) is 6.92 Å². The van der Waals surface area contributed by atoms with Crippen LogP contribution in [0.3, 0.4) is 0 Å². The molecule has 3 aromatic carbocycles. The van der Waals surface area contributed by atoms with Crippen LogP contribution in [0.1, 0.15) is 16.7 Å². The summed E-state index contributed by atoms with van der Waals surface area (Å²) in [4.78, 5) is 12.5. The van der Waals surface area contributed by atoms with Crippen molar-refractivity contribution in [1.82, 2.24) is 5.43 Å². The van der Waals surface area contributed by atoms with Crippen molar-refractivity contribution >= 4 is 27.8 Å². The topological polar surface area (TPSA) is 88.1 Å². The highest BCUT2D eigenvalue weighted by molar-refractivity contribution is 7.92. The SMILES string of the molecule is COc1ccc(S(=O)(=O)N(CC(=O)N/N=C\c2ccccc2C(F)(F)F)c2ccc(C)cc2)cc1. The molecule has 0 atom stereocenters. The number of alkyl halides is 3. The quantitative estimate of drug-likeness (QED) is 0.364. The fourth-order valence-electron chi connectivity index (χ4n) is 3.11. The number of carbonyl (C=O) groups excluding carboxylic acids is 1. The molecule has 7 nitrogen and oxygen atoms in total. The molecule has 0 unspecified atom stereocenters. The minimum atomic E-state index is -4.60. The van der Waals surface area contributed by atoms with Crippen molar-refractivity contribution in [2.24, 2.45) is 5.10 Å². The summed E-state index contributed by atoms with van der Waals surface area (Å²) >= 11 is 0. The maximum Gasteiger partial charge on any atom is 0.417 e. The first-order chi connectivity index (χ1) is 16.5. The summed E-state index contributed by atoms with van der Waals surface area (Å²) in [6.07, 6.45) is -3.74. The summed E-state index contributed by atoms with van der Waals surface area (Å²) in [7, 11) is -2.73. The van der Waals surface area contributed by atoms with Gasteiger partial charge < -0.3 is 4.74 Å². The van der Waals surface area contributed by atoms with Crippen molar-refractivity contribution in [3.05, 3.63) is 89.5 Å². The molecule has 3 rings (SSSR count). The van der Waals surface area contributed by atoms with Crippen LogP contribution in [0.15, 0.2) is 82.8 Å². The fraction of sp³-hybridized carbons (Fsp3) is 0.167. The van der Waals surface area contributed by atoms with Crippen molar-refractivity contribution in [2.75, 3.05) is 18.0 Å². The highest BCUT2D eigenvalue weighted by Crippen LogP contribution is 2.31. The van der Waals surface area contributed by atoms with E-state index in [1.807, 2.05) is 6.92 Å². The summed E-state index contributed by atoms with van der Waals surface area (Å²) in [5.74, 6) is -0.388. The van der Waals surface area contributed by atoms with E-state index in [0.29, 0.717) is 5.75 Å². The normalized spacial score (nSPS) is 11.9. The molecule has 1 amide bonds. The van der Waals surface area contributed by atoms with E-state index in [2.05, 4.69) is 10.5 Å². The predicted molar refractivity (Wildman–Crippen MR) is 126 cm³/mol. The molecule has 0 aromatic heterocycles. The van der Waals surface area contributed by atoms with Gasteiger partial charge in [0.1, 0.15) is 12.3 Å². The van der Waals surface area contributed by atoms with E-state index < -0.39 is 34.2 Å². The molecule has 11 heteroatoms. The van der Waals surface area contributed by atoms with Gasteiger partial charge in [0.25, 0.3) is 15.9 Å². The first-order valence-corrected chi connectivity index (χ1v) is 11.7. The van der Waals surface area contributed by atoms with E-state index in [4.69, 9.17) is 4.74 Å². The molecule has 0 saturated heterocycles. The van der Waals surface area contributed by atoms with Crippen LogP contribution in [0.4, 0.5) is 18.9 Å². The molecular weight excluding hydrogens is 483 g/mol. The monoisotopic (exact) mass is 505 g/mol. The molecular formula is C24H22F3N3O4S. The third-order valence-electron chi connectivity index (χ3n) is 4.92. The van der Waals surface area contributed by atoms with Crippen molar-refractivity contribution in [3.63, 3.8) is 0 Å². The van der Waals surface area contributed by atoms with Crippen molar-refractivity contribution in [3.8, 4) is 5.75 Å². The number of anilines is 1. The van der Waals surface area contributed by atoms with E-state index in [9.17, 15) is 26.4 Å². The van der Waals surface area contributed by atoms with Gasteiger partial charge in [0, 0.05) is 5.56 Å². The molecule has 0 saturated carbocycles. The number of ether oxygens (including phenoxy) is 1. The van der Waals surface area contributed by atoms with Gasteiger partial charge in [-0.2, -0.15) is 18.3 Å². The highest BCUT2D eigenvalue weighted by Gasteiger charge is 2.32. The lowest BCUT2D eigenvalue weighted by molar-refractivity contribution is -0.137. The lowest BCUT2D eigenvalue weighted by Crippen LogP contribution is -2.39. The first-order valence-electron chi connectivity index (χ1n) is 10.2. The Morgan fingerprint density at radius 2 is 1.66 bits per heavy atom. The Hall–Kier alpha value is -3.86. The maximum absolute atomic E-state index is 13.3. The number of rotatable bonds is 8. The van der Waals surface area contributed by atoms with Gasteiger partial charge >= 0.3 is 6.18 Å². The maximum atomic E-state index is 13.3. The number of carbonyl (C=O) groups is 1. The van der Waals surface area contributed by atoms with Crippen molar-refractivity contribution < 1.29 is 31.1 Å². The number of halogens is 3. The number of aryl methyl sites for hydroxylation is 1. The van der Waals surface area contributed by atoms with Gasteiger partial charge in [-0.25, -0.2) is 13.8 Å². The summed E-state index contributed by atoms with van der Waals surface area (Å²) in [5.41, 5.74) is 2.05.